The van der Waals surface area contributed by atoms with Gasteiger partial charge in [0.1, 0.15) is 0 Å². The van der Waals surface area contributed by atoms with Gasteiger partial charge in [-0.05, 0) is 6.07 Å². The van der Waals surface area contributed by atoms with Crippen LogP contribution in [0.2, 0.25) is 0 Å². The van der Waals surface area contributed by atoms with Crippen molar-refractivity contribution >= 4 is 5.69 Å². The lowest BCUT2D eigenvalue weighted by atomic mass is 10.1. The summed E-state index contributed by atoms with van der Waals surface area (Å²) in [5.74, 6) is -0.340. The van der Waals surface area contributed by atoms with Crippen LogP contribution in [-0.2, 0) is 0 Å². The smallest absolute Gasteiger partial charge is 0.159 e. The number of aliphatic hydroxyl groups is 1. The molecule has 1 aromatic rings. The number of aliphatic hydroxyl groups excluding tert-OH is 1. The van der Waals surface area contributed by atoms with Crippen LogP contribution in [0.4, 0.5) is 5.69 Å². The highest BCUT2D eigenvalue weighted by atomic mass is 16.3. The fourth-order valence-electron chi connectivity index (χ4n) is 1.64. The van der Waals surface area contributed by atoms with E-state index in [2.05, 4.69) is 0 Å². The van der Waals surface area contributed by atoms with E-state index in [1.165, 1.54) is 12.1 Å². The topological polar surface area (TPSA) is 63.9 Å². The predicted octanol–water partition coefficient (Wildman–Crippen LogP) is 0.581. The third-order valence-corrected chi connectivity index (χ3v) is 2.34. The molecule has 4 heteroatoms. The van der Waals surface area contributed by atoms with E-state index in [9.17, 15) is 15.3 Å². The first-order valence-corrected chi connectivity index (χ1v) is 4.04. The second-order valence-electron chi connectivity index (χ2n) is 3.30. The highest BCUT2D eigenvalue weighted by Crippen LogP contribution is 2.40. The lowest BCUT2D eigenvalue weighted by Gasteiger charge is -2.11. The zero-order valence-corrected chi connectivity index (χ0v) is 7.23. The van der Waals surface area contributed by atoms with Gasteiger partial charge in [0, 0.05) is 30.9 Å². The van der Waals surface area contributed by atoms with Crippen LogP contribution in [0, 0.1) is 0 Å². The van der Waals surface area contributed by atoms with Gasteiger partial charge in [0.25, 0.3) is 0 Å². The van der Waals surface area contributed by atoms with Crippen LogP contribution in [0.1, 0.15) is 11.7 Å². The van der Waals surface area contributed by atoms with E-state index in [4.69, 9.17) is 0 Å². The summed E-state index contributed by atoms with van der Waals surface area (Å²) in [7, 11) is 1.82. The standard InChI is InChI=1S/C9H11NO3/c1-10-4-9(13)5-2-7(11)8(12)3-6(5)10/h2-3,9,11-13H,4H2,1H3/t9-/m1/s1. The van der Waals surface area contributed by atoms with Gasteiger partial charge < -0.3 is 20.2 Å². The molecule has 0 saturated carbocycles. The van der Waals surface area contributed by atoms with Crippen molar-refractivity contribution in [2.45, 2.75) is 6.10 Å². The number of phenols is 2. The molecule has 0 bridgehead atoms. The number of anilines is 1. The number of fused-ring (bicyclic) bond motifs is 1. The summed E-state index contributed by atoms with van der Waals surface area (Å²) in [5, 5.41) is 28.0. The number of hydrogen-bond acceptors (Lipinski definition) is 4. The number of nitrogens with zero attached hydrogens (tertiary/aromatic N) is 1. The Morgan fingerprint density at radius 1 is 1.31 bits per heavy atom. The van der Waals surface area contributed by atoms with Crippen molar-refractivity contribution in [1.29, 1.82) is 0 Å². The Kier molecular flexibility index (Phi) is 1.60. The van der Waals surface area contributed by atoms with Crippen molar-refractivity contribution in [3.05, 3.63) is 17.7 Å². The highest BCUT2D eigenvalue weighted by Gasteiger charge is 2.25. The van der Waals surface area contributed by atoms with Crippen molar-refractivity contribution in [2.75, 3.05) is 18.5 Å². The summed E-state index contributed by atoms with van der Waals surface area (Å²) in [6, 6.07) is 2.86. The van der Waals surface area contributed by atoms with E-state index < -0.39 is 6.10 Å². The van der Waals surface area contributed by atoms with Crippen molar-refractivity contribution < 1.29 is 15.3 Å². The first-order chi connectivity index (χ1) is 6.09. The van der Waals surface area contributed by atoms with Crippen LogP contribution >= 0.6 is 0 Å². The van der Waals surface area contributed by atoms with Gasteiger partial charge in [0.15, 0.2) is 11.5 Å². The Morgan fingerprint density at radius 2 is 1.92 bits per heavy atom. The molecule has 1 heterocycles. The molecule has 0 fully saturated rings. The van der Waals surface area contributed by atoms with E-state index >= 15 is 0 Å². The van der Waals surface area contributed by atoms with Gasteiger partial charge in [-0.15, -0.1) is 0 Å². The molecule has 70 valence electrons. The maximum absolute atomic E-state index is 9.53. The molecule has 3 N–H and O–H groups in total. The van der Waals surface area contributed by atoms with Gasteiger partial charge in [0.05, 0.1) is 6.10 Å². The number of phenolic OH excluding ortho intramolecular Hbond substituents is 2. The molecule has 0 radical (unpaired) electrons. The summed E-state index contributed by atoms with van der Waals surface area (Å²) in [6.45, 7) is 0.498. The van der Waals surface area contributed by atoms with E-state index in [-0.39, 0.29) is 11.5 Å². The summed E-state index contributed by atoms with van der Waals surface area (Å²) in [5.41, 5.74) is 1.43. The number of β-amino-alcohol motifs (C(OH)–C–C–N with tert-alkyl or cyclic N) is 1. The fraction of sp³-hybridized carbons (Fsp3) is 0.333. The molecule has 1 aliphatic rings. The number of likely N-dealkylation sites (N-methyl/N-ethyl adjacent to an activating group) is 1. The Bertz CT molecular complexity index is 318. The summed E-state index contributed by atoms with van der Waals surface area (Å²) in [4.78, 5) is 1.83. The zero-order chi connectivity index (χ0) is 9.59. The molecular weight excluding hydrogens is 170 g/mol. The normalized spacial score (nSPS) is 20.5. The van der Waals surface area contributed by atoms with Gasteiger partial charge in [-0.25, -0.2) is 0 Å². The first kappa shape index (κ1) is 8.19. The lowest BCUT2D eigenvalue weighted by Crippen LogP contribution is -2.14. The average Bonchev–Trinajstić information content (AvgIpc) is 2.31. The van der Waals surface area contributed by atoms with Crippen LogP contribution in [0.25, 0.3) is 0 Å². The molecule has 0 aliphatic carbocycles. The van der Waals surface area contributed by atoms with E-state index in [0.717, 1.165) is 5.69 Å². The second-order valence-corrected chi connectivity index (χ2v) is 3.30. The van der Waals surface area contributed by atoms with Crippen molar-refractivity contribution in [2.24, 2.45) is 0 Å². The molecule has 1 aromatic carbocycles. The third-order valence-electron chi connectivity index (χ3n) is 2.34. The molecule has 0 unspecified atom stereocenters. The zero-order valence-electron chi connectivity index (χ0n) is 7.23. The Morgan fingerprint density at radius 3 is 2.62 bits per heavy atom. The third kappa shape index (κ3) is 1.10. The maximum atomic E-state index is 9.53. The molecule has 4 nitrogen and oxygen atoms in total. The quantitative estimate of drug-likeness (QED) is 0.512. The molecule has 0 spiro atoms. The Labute approximate surface area is 75.7 Å². The first-order valence-electron chi connectivity index (χ1n) is 4.04. The fourth-order valence-corrected chi connectivity index (χ4v) is 1.64. The minimum Gasteiger partial charge on any atom is -0.504 e. The van der Waals surface area contributed by atoms with Gasteiger partial charge >= 0.3 is 0 Å². The molecule has 1 atom stereocenters. The highest BCUT2D eigenvalue weighted by molar-refractivity contribution is 5.64. The van der Waals surface area contributed by atoms with Gasteiger partial charge in [-0.1, -0.05) is 0 Å². The maximum Gasteiger partial charge on any atom is 0.159 e. The summed E-state index contributed by atoms with van der Waals surface area (Å²) in [6.07, 6.45) is -0.577. The Balaban J connectivity index is 2.58. The van der Waals surface area contributed by atoms with E-state index in [0.29, 0.717) is 12.1 Å². The van der Waals surface area contributed by atoms with E-state index in [1.54, 1.807) is 0 Å². The Hall–Kier alpha value is -1.42. The number of hydrogen-bond donors (Lipinski definition) is 3. The van der Waals surface area contributed by atoms with Gasteiger partial charge in [0.2, 0.25) is 0 Å². The SMILES string of the molecule is CN1C[C@@H](O)c2cc(O)c(O)cc21. The van der Waals surface area contributed by atoms with Crippen LogP contribution in [-0.4, -0.2) is 28.9 Å². The predicted molar refractivity (Wildman–Crippen MR) is 48.0 cm³/mol. The number of aromatic hydroxyl groups is 2. The number of rotatable bonds is 0. The molecule has 0 amide bonds. The monoisotopic (exact) mass is 181 g/mol. The van der Waals surface area contributed by atoms with E-state index in [1.807, 2.05) is 11.9 Å². The van der Waals surface area contributed by atoms with Crippen molar-refractivity contribution in [3.63, 3.8) is 0 Å². The van der Waals surface area contributed by atoms with Gasteiger partial charge in [-0.3, -0.25) is 0 Å². The van der Waals surface area contributed by atoms with Crippen LogP contribution in [0.3, 0.4) is 0 Å². The summed E-state index contributed by atoms with van der Waals surface area (Å²) >= 11 is 0. The minimum atomic E-state index is -0.577. The van der Waals surface area contributed by atoms with Crippen molar-refractivity contribution in [3.8, 4) is 11.5 Å². The molecule has 13 heavy (non-hydrogen) atoms. The molecule has 1 aliphatic heterocycles. The number of benzene rings is 1. The average molecular weight is 181 g/mol. The van der Waals surface area contributed by atoms with Gasteiger partial charge in [-0.2, -0.15) is 0 Å². The van der Waals surface area contributed by atoms with Crippen LogP contribution in [0.15, 0.2) is 12.1 Å². The second kappa shape index (κ2) is 2.53. The van der Waals surface area contributed by atoms with Crippen LogP contribution < -0.4 is 4.90 Å². The molecular formula is C9H11NO3. The summed E-state index contributed by atoms with van der Waals surface area (Å²) < 4.78 is 0. The lowest BCUT2D eigenvalue weighted by molar-refractivity contribution is 0.195. The largest absolute Gasteiger partial charge is 0.504 e. The van der Waals surface area contributed by atoms with Crippen LogP contribution in [0.5, 0.6) is 11.5 Å². The minimum absolute atomic E-state index is 0.153. The van der Waals surface area contributed by atoms with Crippen molar-refractivity contribution in [1.82, 2.24) is 0 Å². The molecule has 2 rings (SSSR count). The molecule has 0 saturated heterocycles. The molecule has 0 aromatic heterocycles.